The van der Waals surface area contributed by atoms with Crippen LogP contribution >= 0.6 is 11.3 Å². The van der Waals surface area contributed by atoms with Gasteiger partial charge in [0.05, 0.1) is 16.5 Å². The zero-order valence-corrected chi connectivity index (χ0v) is 18.0. The molecule has 3 aromatic rings. The monoisotopic (exact) mass is 436 g/mol. The lowest BCUT2D eigenvalue weighted by Gasteiger charge is -2.08. The van der Waals surface area contributed by atoms with Crippen LogP contribution in [-0.4, -0.2) is 25.5 Å². The van der Waals surface area contributed by atoms with E-state index in [9.17, 15) is 9.59 Å². The standard InChI is InChI=1S/C24H24N2O4S/c1-29-15-14-16-2-8-19(9-3-16)30-20-10-6-18(7-11-20)25-24(28)21-12-13-22(31-21)26-23(27)17-4-5-17/h2-3,6-13,17H,4-5,14-15H2,1H3,(H,25,28)(H,26,27). The molecule has 0 spiro atoms. The first-order valence-corrected chi connectivity index (χ1v) is 11.0. The lowest BCUT2D eigenvalue weighted by molar-refractivity contribution is -0.117. The van der Waals surface area contributed by atoms with E-state index in [0.717, 1.165) is 25.0 Å². The van der Waals surface area contributed by atoms with Crippen molar-refractivity contribution in [3.8, 4) is 11.5 Å². The normalized spacial score (nSPS) is 12.9. The number of carbonyl (C=O) groups is 2. The molecule has 0 bridgehead atoms. The number of rotatable bonds is 9. The maximum Gasteiger partial charge on any atom is 0.265 e. The van der Waals surface area contributed by atoms with Gasteiger partial charge in [-0.2, -0.15) is 0 Å². The average molecular weight is 437 g/mol. The summed E-state index contributed by atoms with van der Waals surface area (Å²) in [5.41, 5.74) is 1.86. The highest BCUT2D eigenvalue weighted by Gasteiger charge is 2.29. The molecule has 0 aliphatic heterocycles. The predicted octanol–water partition coefficient (Wildman–Crippen LogP) is 5.33. The van der Waals surface area contributed by atoms with Crippen LogP contribution in [0.25, 0.3) is 0 Å². The second-order valence-electron chi connectivity index (χ2n) is 7.39. The van der Waals surface area contributed by atoms with Crippen molar-refractivity contribution < 1.29 is 19.1 Å². The van der Waals surface area contributed by atoms with Gasteiger partial charge in [0.25, 0.3) is 5.91 Å². The van der Waals surface area contributed by atoms with E-state index in [1.165, 1.54) is 16.9 Å². The number of nitrogens with one attached hydrogen (secondary N) is 2. The Kier molecular flexibility index (Phi) is 6.64. The van der Waals surface area contributed by atoms with Crippen LogP contribution in [0.2, 0.25) is 0 Å². The fourth-order valence-corrected chi connectivity index (χ4v) is 3.78. The van der Waals surface area contributed by atoms with E-state index in [2.05, 4.69) is 10.6 Å². The van der Waals surface area contributed by atoms with Gasteiger partial charge >= 0.3 is 0 Å². The van der Waals surface area contributed by atoms with E-state index in [1.807, 2.05) is 36.4 Å². The molecule has 31 heavy (non-hydrogen) atoms. The van der Waals surface area contributed by atoms with Gasteiger partial charge in [0.1, 0.15) is 11.5 Å². The molecule has 160 valence electrons. The summed E-state index contributed by atoms with van der Waals surface area (Å²) in [4.78, 5) is 24.9. The van der Waals surface area contributed by atoms with Gasteiger partial charge in [-0.05, 0) is 73.4 Å². The van der Waals surface area contributed by atoms with Crippen LogP contribution in [0, 0.1) is 5.92 Å². The Morgan fingerprint density at radius 2 is 1.61 bits per heavy atom. The van der Waals surface area contributed by atoms with Gasteiger partial charge in [0.2, 0.25) is 5.91 Å². The van der Waals surface area contributed by atoms with Gasteiger partial charge in [0, 0.05) is 18.7 Å². The van der Waals surface area contributed by atoms with E-state index < -0.39 is 0 Å². The number of hydrogen-bond donors (Lipinski definition) is 2. The van der Waals surface area contributed by atoms with E-state index in [4.69, 9.17) is 9.47 Å². The van der Waals surface area contributed by atoms with Crippen molar-refractivity contribution in [2.45, 2.75) is 19.3 Å². The van der Waals surface area contributed by atoms with Crippen molar-refractivity contribution >= 4 is 33.8 Å². The summed E-state index contributed by atoms with van der Waals surface area (Å²) in [6, 6.07) is 18.6. The molecule has 4 rings (SSSR count). The van der Waals surface area contributed by atoms with Crippen LogP contribution in [0.4, 0.5) is 10.7 Å². The van der Waals surface area contributed by atoms with Crippen molar-refractivity contribution in [3.63, 3.8) is 0 Å². The Hall–Kier alpha value is -3.16. The number of ether oxygens (including phenoxy) is 2. The Morgan fingerprint density at radius 3 is 2.26 bits per heavy atom. The van der Waals surface area contributed by atoms with Gasteiger partial charge in [-0.1, -0.05) is 12.1 Å². The Labute approximate surface area is 185 Å². The third kappa shape index (κ3) is 5.93. The van der Waals surface area contributed by atoms with Crippen molar-refractivity contribution in [1.82, 2.24) is 0 Å². The van der Waals surface area contributed by atoms with Crippen LogP contribution in [-0.2, 0) is 16.0 Å². The molecule has 1 aliphatic rings. The molecule has 0 saturated heterocycles. The van der Waals surface area contributed by atoms with Crippen LogP contribution < -0.4 is 15.4 Å². The number of anilines is 2. The maximum absolute atomic E-state index is 12.5. The summed E-state index contributed by atoms with van der Waals surface area (Å²) in [7, 11) is 1.69. The summed E-state index contributed by atoms with van der Waals surface area (Å²) in [5, 5.41) is 6.43. The van der Waals surface area contributed by atoms with Crippen LogP contribution in [0.5, 0.6) is 11.5 Å². The van der Waals surface area contributed by atoms with Crippen molar-refractivity contribution in [2.75, 3.05) is 24.4 Å². The fourth-order valence-electron chi connectivity index (χ4n) is 2.98. The third-order valence-electron chi connectivity index (χ3n) is 4.89. The number of methoxy groups -OCH3 is 1. The second-order valence-corrected chi connectivity index (χ2v) is 8.48. The SMILES string of the molecule is COCCc1ccc(Oc2ccc(NC(=O)c3ccc(NC(=O)C4CC4)s3)cc2)cc1. The van der Waals surface area contributed by atoms with E-state index in [0.29, 0.717) is 27.9 Å². The van der Waals surface area contributed by atoms with Crippen molar-refractivity contribution in [1.29, 1.82) is 0 Å². The highest BCUT2D eigenvalue weighted by molar-refractivity contribution is 7.18. The van der Waals surface area contributed by atoms with E-state index in [1.54, 1.807) is 31.4 Å². The van der Waals surface area contributed by atoms with Gasteiger partial charge in [-0.15, -0.1) is 11.3 Å². The van der Waals surface area contributed by atoms with Gasteiger partial charge < -0.3 is 20.1 Å². The summed E-state index contributed by atoms with van der Waals surface area (Å²) in [5.74, 6) is 1.39. The summed E-state index contributed by atoms with van der Waals surface area (Å²) in [6.07, 6.45) is 2.76. The molecule has 1 aliphatic carbocycles. The fraction of sp³-hybridized carbons (Fsp3) is 0.250. The molecular formula is C24H24N2O4S. The lowest BCUT2D eigenvalue weighted by Crippen LogP contribution is -2.12. The molecule has 2 amide bonds. The molecule has 1 saturated carbocycles. The summed E-state index contributed by atoms with van der Waals surface area (Å²) < 4.78 is 11.0. The van der Waals surface area contributed by atoms with Crippen molar-refractivity contribution in [3.05, 3.63) is 71.1 Å². The summed E-state index contributed by atoms with van der Waals surface area (Å²) >= 11 is 1.27. The van der Waals surface area contributed by atoms with Gasteiger partial charge in [-0.25, -0.2) is 0 Å². The first kappa shape index (κ1) is 21.1. The number of benzene rings is 2. The first-order chi connectivity index (χ1) is 15.1. The molecule has 1 aromatic heterocycles. The smallest absolute Gasteiger partial charge is 0.265 e. The first-order valence-electron chi connectivity index (χ1n) is 10.2. The number of thiophene rings is 1. The predicted molar refractivity (Wildman–Crippen MR) is 122 cm³/mol. The number of carbonyl (C=O) groups excluding carboxylic acids is 2. The minimum Gasteiger partial charge on any atom is -0.457 e. The molecule has 0 atom stereocenters. The molecular weight excluding hydrogens is 412 g/mol. The Balaban J connectivity index is 1.30. The van der Waals surface area contributed by atoms with Crippen LogP contribution in [0.15, 0.2) is 60.7 Å². The molecule has 1 heterocycles. The van der Waals surface area contributed by atoms with Crippen LogP contribution in [0.3, 0.4) is 0 Å². The van der Waals surface area contributed by atoms with Gasteiger partial charge in [-0.3, -0.25) is 9.59 Å². The zero-order valence-electron chi connectivity index (χ0n) is 17.2. The van der Waals surface area contributed by atoms with Gasteiger partial charge in [0.15, 0.2) is 0 Å². The lowest BCUT2D eigenvalue weighted by atomic mass is 10.1. The largest absolute Gasteiger partial charge is 0.457 e. The molecule has 2 aromatic carbocycles. The minimum atomic E-state index is -0.211. The van der Waals surface area contributed by atoms with Crippen molar-refractivity contribution in [2.24, 2.45) is 5.92 Å². The molecule has 7 heteroatoms. The minimum absolute atomic E-state index is 0.0361. The second kappa shape index (κ2) is 9.76. The zero-order chi connectivity index (χ0) is 21.6. The van der Waals surface area contributed by atoms with E-state index >= 15 is 0 Å². The third-order valence-corrected chi connectivity index (χ3v) is 5.89. The number of hydrogen-bond acceptors (Lipinski definition) is 5. The maximum atomic E-state index is 12.5. The average Bonchev–Trinajstić information content (AvgIpc) is 3.54. The molecule has 1 fully saturated rings. The summed E-state index contributed by atoms with van der Waals surface area (Å²) in [6.45, 7) is 0.690. The van der Waals surface area contributed by atoms with E-state index in [-0.39, 0.29) is 17.7 Å². The molecule has 0 unspecified atom stereocenters. The molecule has 2 N–H and O–H groups in total. The highest BCUT2D eigenvalue weighted by Crippen LogP contribution is 2.32. The molecule has 6 nitrogen and oxygen atoms in total. The Bertz CT molecular complexity index is 1040. The van der Waals surface area contributed by atoms with Crippen LogP contribution in [0.1, 0.15) is 28.1 Å². The topological polar surface area (TPSA) is 76.7 Å². The highest BCUT2D eigenvalue weighted by atomic mass is 32.1. The quantitative estimate of drug-likeness (QED) is 0.475. The number of amides is 2. The molecule has 0 radical (unpaired) electrons. The Morgan fingerprint density at radius 1 is 0.935 bits per heavy atom.